The minimum absolute atomic E-state index is 0.00903. The summed E-state index contributed by atoms with van der Waals surface area (Å²) in [5.41, 5.74) is 3.69. The third-order valence-corrected chi connectivity index (χ3v) is 4.51. The van der Waals surface area contributed by atoms with E-state index in [0.717, 1.165) is 13.1 Å². The van der Waals surface area contributed by atoms with Crippen LogP contribution in [0.1, 0.15) is 37.0 Å². The largest absolute Gasteiger partial charge is 0.375 e. The smallest absolute Gasteiger partial charge is 0.222 e. The van der Waals surface area contributed by atoms with Gasteiger partial charge in [-0.3, -0.25) is 9.69 Å². The second kappa shape index (κ2) is 7.75. The van der Waals surface area contributed by atoms with Crippen molar-refractivity contribution in [3.8, 4) is 0 Å². The van der Waals surface area contributed by atoms with Crippen LogP contribution in [0, 0.1) is 13.8 Å². The molecule has 1 atom stereocenters. The fourth-order valence-corrected chi connectivity index (χ4v) is 2.81. The molecule has 22 heavy (non-hydrogen) atoms. The van der Waals surface area contributed by atoms with Crippen molar-refractivity contribution in [1.29, 1.82) is 0 Å². The maximum Gasteiger partial charge on any atom is 0.222 e. The quantitative estimate of drug-likeness (QED) is 0.908. The number of ether oxygens (including phenoxy) is 1. The number of amides is 1. The van der Waals surface area contributed by atoms with E-state index in [4.69, 9.17) is 4.74 Å². The summed E-state index contributed by atoms with van der Waals surface area (Å²) in [7, 11) is 0. The van der Waals surface area contributed by atoms with E-state index in [0.29, 0.717) is 25.6 Å². The van der Waals surface area contributed by atoms with Crippen LogP contribution >= 0.6 is 0 Å². The minimum atomic E-state index is 0.00903. The molecule has 4 nitrogen and oxygen atoms in total. The number of benzene rings is 1. The highest BCUT2D eigenvalue weighted by Crippen LogP contribution is 2.14. The van der Waals surface area contributed by atoms with Gasteiger partial charge in [0.05, 0.1) is 19.1 Å². The zero-order valence-corrected chi connectivity index (χ0v) is 14.2. The Hall–Kier alpha value is -1.39. The van der Waals surface area contributed by atoms with Gasteiger partial charge in [-0.2, -0.15) is 0 Å². The number of aryl methyl sites for hydroxylation is 1. The average Bonchev–Trinajstić information content (AvgIpc) is 2.49. The van der Waals surface area contributed by atoms with Crippen molar-refractivity contribution < 1.29 is 9.53 Å². The van der Waals surface area contributed by atoms with Gasteiger partial charge < -0.3 is 10.1 Å². The molecule has 1 N–H and O–H groups in total. The van der Waals surface area contributed by atoms with Crippen LogP contribution in [-0.4, -0.2) is 42.6 Å². The first kappa shape index (κ1) is 17.0. The molecule has 1 aromatic carbocycles. The second-order valence-corrected chi connectivity index (χ2v) is 6.42. The lowest BCUT2D eigenvalue weighted by Crippen LogP contribution is -2.47. The topological polar surface area (TPSA) is 41.6 Å². The molecule has 1 aliphatic heterocycles. The second-order valence-electron chi connectivity index (χ2n) is 6.42. The Balaban J connectivity index is 1.82. The molecule has 0 bridgehead atoms. The van der Waals surface area contributed by atoms with Gasteiger partial charge in [-0.05, 0) is 44.4 Å². The number of carbonyl (C=O) groups excluding carboxylic acids is 1. The predicted molar refractivity (Wildman–Crippen MR) is 88.8 cm³/mol. The molecule has 122 valence electrons. The number of carbonyl (C=O) groups is 1. The first-order valence-corrected chi connectivity index (χ1v) is 8.15. The summed E-state index contributed by atoms with van der Waals surface area (Å²) in [6, 6.07) is 6.70. The minimum Gasteiger partial charge on any atom is -0.375 e. The van der Waals surface area contributed by atoms with Gasteiger partial charge in [-0.25, -0.2) is 0 Å². The van der Waals surface area contributed by atoms with Gasteiger partial charge in [0, 0.05) is 25.7 Å². The summed E-state index contributed by atoms with van der Waals surface area (Å²) in [6.07, 6.45) is 0.448. The van der Waals surface area contributed by atoms with Crippen molar-refractivity contribution in [2.45, 2.75) is 52.8 Å². The molecular formula is C18H28N2O2. The molecule has 1 heterocycles. The predicted octanol–water partition coefficient (Wildman–Crippen LogP) is 2.42. The molecule has 0 aliphatic carbocycles. The fourth-order valence-electron chi connectivity index (χ4n) is 2.81. The molecule has 2 rings (SSSR count). The van der Waals surface area contributed by atoms with Crippen LogP contribution in [0.2, 0.25) is 0 Å². The van der Waals surface area contributed by atoms with E-state index in [9.17, 15) is 4.79 Å². The lowest BCUT2D eigenvalue weighted by Gasteiger charge is -2.35. The molecule has 4 heteroatoms. The van der Waals surface area contributed by atoms with Crippen LogP contribution in [0.25, 0.3) is 0 Å². The molecule has 1 saturated heterocycles. The van der Waals surface area contributed by atoms with Crippen molar-refractivity contribution >= 4 is 5.91 Å². The fraction of sp³-hybridized carbons (Fsp3) is 0.611. The summed E-state index contributed by atoms with van der Waals surface area (Å²) >= 11 is 0. The van der Waals surface area contributed by atoms with Crippen LogP contribution in [0.5, 0.6) is 0 Å². The van der Waals surface area contributed by atoms with Crippen LogP contribution in [-0.2, 0) is 16.1 Å². The number of rotatable bonds is 5. The Morgan fingerprint density at radius 3 is 2.91 bits per heavy atom. The standard InChI is InChI=1S/C18H28N2O2/c1-13(2)20-8-9-22-17(12-20)10-18(21)19-11-16-7-5-6-14(3)15(16)4/h5-7,13,17H,8-12H2,1-4H3,(H,19,21). The summed E-state index contributed by atoms with van der Waals surface area (Å²) in [5.74, 6) is 0.0662. The SMILES string of the molecule is Cc1cccc(CNC(=O)CC2CN(C(C)C)CCO2)c1C. The van der Waals surface area contributed by atoms with Gasteiger partial charge in [0.25, 0.3) is 0 Å². The molecule has 0 saturated carbocycles. The normalized spacial score (nSPS) is 19.4. The van der Waals surface area contributed by atoms with Crippen molar-refractivity contribution in [2.75, 3.05) is 19.7 Å². The number of nitrogens with zero attached hydrogens (tertiary/aromatic N) is 1. The summed E-state index contributed by atoms with van der Waals surface area (Å²) < 4.78 is 5.72. The van der Waals surface area contributed by atoms with E-state index in [-0.39, 0.29) is 12.0 Å². The van der Waals surface area contributed by atoms with Gasteiger partial charge in [-0.15, -0.1) is 0 Å². The van der Waals surface area contributed by atoms with Crippen molar-refractivity contribution in [3.63, 3.8) is 0 Å². The van der Waals surface area contributed by atoms with Gasteiger partial charge >= 0.3 is 0 Å². The van der Waals surface area contributed by atoms with E-state index >= 15 is 0 Å². The van der Waals surface area contributed by atoms with Crippen molar-refractivity contribution in [2.24, 2.45) is 0 Å². The lowest BCUT2D eigenvalue weighted by molar-refractivity contribution is -0.126. The van der Waals surface area contributed by atoms with E-state index in [1.807, 2.05) is 6.07 Å². The summed E-state index contributed by atoms with van der Waals surface area (Å²) in [5, 5.41) is 3.02. The Morgan fingerprint density at radius 1 is 1.41 bits per heavy atom. The highest BCUT2D eigenvalue weighted by atomic mass is 16.5. The first-order chi connectivity index (χ1) is 10.5. The molecule has 0 radical (unpaired) electrons. The molecule has 1 unspecified atom stereocenters. The number of hydrogen-bond acceptors (Lipinski definition) is 3. The number of morpholine rings is 1. The molecule has 1 fully saturated rings. The van der Waals surface area contributed by atoms with E-state index < -0.39 is 0 Å². The zero-order chi connectivity index (χ0) is 16.1. The van der Waals surface area contributed by atoms with Gasteiger partial charge in [0.1, 0.15) is 0 Å². The highest BCUT2D eigenvalue weighted by Gasteiger charge is 2.24. The van der Waals surface area contributed by atoms with Gasteiger partial charge in [-0.1, -0.05) is 18.2 Å². The molecule has 1 aromatic rings. The van der Waals surface area contributed by atoms with E-state index in [2.05, 4.69) is 50.0 Å². The highest BCUT2D eigenvalue weighted by molar-refractivity contribution is 5.76. The average molecular weight is 304 g/mol. The van der Waals surface area contributed by atoms with Crippen molar-refractivity contribution in [3.05, 3.63) is 34.9 Å². The molecule has 0 spiro atoms. The van der Waals surface area contributed by atoms with E-state index in [1.54, 1.807) is 0 Å². The maximum absolute atomic E-state index is 12.1. The number of nitrogens with one attached hydrogen (secondary N) is 1. The van der Waals surface area contributed by atoms with Crippen molar-refractivity contribution in [1.82, 2.24) is 10.2 Å². The zero-order valence-electron chi connectivity index (χ0n) is 14.2. The van der Waals surface area contributed by atoms with Gasteiger partial charge in [0.2, 0.25) is 5.91 Å². The molecule has 0 aromatic heterocycles. The summed E-state index contributed by atoms with van der Waals surface area (Å²) in [6.45, 7) is 11.7. The van der Waals surface area contributed by atoms with Crippen LogP contribution < -0.4 is 5.32 Å². The van der Waals surface area contributed by atoms with Crippen LogP contribution in [0.4, 0.5) is 0 Å². The lowest BCUT2D eigenvalue weighted by atomic mass is 10.0. The molecule has 1 amide bonds. The first-order valence-electron chi connectivity index (χ1n) is 8.15. The van der Waals surface area contributed by atoms with Crippen LogP contribution in [0.15, 0.2) is 18.2 Å². The molecular weight excluding hydrogens is 276 g/mol. The Morgan fingerprint density at radius 2 is 2.18 bits per heavy atom. The van der Waals surface area contributed by atoms with E-state index in [1.165, 1.54) is 16.7 Å². The molecule has 1 aliphatic rings. The summed E-state index contributed by atoms with van der Waals surface area (Å²) in [4.78, 5) is 14.5. The Labute approximate surface area is 133 Å². The number of hydrogen-bond donors (Lipinski definition) is 1. The Bertz CT molecular complexity index is 514. The third kappa shape index (κ3) is 4.55. The third-order valence-electron chi connectivity index (χ3n) is 4.51. The monoisotopic (exact) mass is 304 g/mol. The maximum atomic E-state index is 12.1. The Kier molecular flexibility index (Phi) is 5.98. The van der Waals surface area contributed by atoms with Gasteiger partial charge in [0.15, 0.2) is 0 Å². The van der Waals surface area contributed by atoms with Crippen LogP contribution in [0.3, 0.4) is 0 Å².